The Hall–Kier alpha value is -2.07. The van der Waals surface area contributed by atoms with E-state index < -0.39 is 0 Å². The molecule has 0 radical (unpaired) electrons. The zero-order chi connectivity index (χ0) is 13.9. The number of aromatic nitrogens is 2. The molecule has 1 atom stereocenters. The molecule has 0 aliphatic carbocycles. The van der Waals surface area contributed by atoms with Gasteiger partial charge < -0.3 is 10.3 Å². The van der Waals surface area contributed by atoms with E-state index in [-0.39, 0.29) is 11.9 Å². The Kier molecular flexibility index (Phi) is 3.56. The van der Waals surface area contributed by atoms with Gasteiger partial charge in [-0.1, -0.05) is 30.3 Å². The standard InChI is InChI=1S/C15H13ClFN3/c16-9-14(10-4-2-1-3-5-10)20-15-18-12-7-6-11(17)8-13(12)19-15/h1-8,14H,9H2,(H2,18,19,20). The lowest BCUT2D eigenvalue weighted by molar-refractivity contribution is 0.629. The van der Waals surface area contributed by atoms with Gasteiger partial charge in [-0.25, -0.2) is 9.37 Å². The number of aromatic amines is 1. The van der Waals surface area contributed by atoms with Gasteiger partial charge in [0.2, 0.25) is 5.95 Å². The maximum atomic E-state index is 13.2. The zero-order valence-corrected chi connectivity index (χ0v) is 11.4. The molecule has 5 heteroatoms. The van der Waals surface area contributed by atoms with Gasteiger partial charge in [0, 0.05) is 5.88 Å². The molecule has 0 bridgehead atoms. The molecule has 0 aliphatic heterocycles. The Morgan fingerprint density at radius 2 is 2.00 bits per heavy atom. The molecule has 1 aromatic heterocycles. The molecule has 0 saturated heterocycles. The lowest BCUT2D eigenvalue weighted by Crippen LogP contribution is -2.13. The van der Waals surface area contributed by atoms with Crippen LogP contribution in [-0.4, -0.2) is 15.8 Å². The summed E-state index contributed by atoms with van der Waals surface area (Å²) in [6, 6.07) is 14.3. The molecule has 0 fully saturated rings. The Bertz CT molecular complexity index is 711. The molecule has 0 saturated carbocycles. The molecule has 3 rings (SSSR count). The van der Waals surface area contributed by atoms with Crippen molar-refractivity contribution in [1.82, 2.24) is 9.97 Å². The number of halogens is 2. The minimum atomic E-state index is -0.287. The molecule has 3 nitrogen and oxygen atoms in total. The van der Waals surface area contributed by atoms with E-state index in [2.05, 4.69) is 15.3 Å². The van der Waals surface area contributed by atoms with Crippen LogP contribution in [0.25, 0.3) is 11.0 Å². The number of fused-ring (bicyclic) bond motifs is 1. The van der Waals surface area contributed by atoms with Crippen molar-refractivity contribution in [2.24, 2.45) is 0 Å². The Morgan fingerprint density at radius 1 is 1.20 bits per heavy atom. The maximum Gasteiger partial charge on any atom is 0.201 e. The van der Waals surface area contributed by atoms with Gasteiger partial charge in [0.25, 0.3) is 0 Å². The van der Waals surface area contributed by atoms with Crippen molar-refractivity contribution >= 4 is 28.6 Å². The number of alkyl halides is 1. The summed E-state index contributed by atoms with van der Waals surface area (Å²) >= 11 is 6.01. The van der Waals surface area contributed by atoms with Crippen LogP contribution >= 0.6 is 11.6 Å². The minimum Gasteiger partial charge on any atom is -0.348 e. The van der Waals surface area contributed by atoms with Crippen LogP contribution in [0.3, 0.4) is 0 Å². The summed E-state index contributed by atoms with van der Waals surface area (Å²) in [5.41, 5.74) is 2.46. The first kappa shape index (κ1) is 12.9. The molecule has 102 valence electrons. The molecule has 1 unspecified atom stereocenters. The van der Waals surface area contributed by atoms with E-state index >= 15 is 0 Å². The topological polar surface area (TPSA) is 40.7 Å². The molecule has 20 heavy (non-hydrogen) atoms. The maximum absolute atomic E-state index is 13.2. The molecule has 2 N–H and O–H groups in total. The summed E-state index contributed by atoms with van der Waals surface area (Å²) in [5, 5.41) is 3.23. The third-order valence-electron chi connectivity index (χ3n) is 3.11. The molecule has 3 aromatic rings. The van der Waals surface area contributed by atoms with Gasteiger partial charge in [-0.05, 0) is 23.8 Å². The third kappa shape index (κ3) is 2.60. The first-order valence-electron chi connectivity index (χ1n) is 6.29. The fourth-order valence-electron chi connectivity index (χ4n) is 2.11. The highest BCUT2D eigenvalue weighted by molar-refractivity contribution is 6.18. The molecule has 1 heterocycles. The van der Waals surface area contributed by atoms with Crippen LogP contribution in [0.15, 0.2) is 48.5 Å². The number of rotatable bonds is 4. The number of nitrogens with one attached hydrogen (secondary N) is 2. The Balaban J connectivity index is 1.87. The number of H-pyrrole nitrogens is 1. The molecule has 0 aliphatic rings. The van der Waals surface area contributed by atoms with Crippen molar-refractivity contribution < 1.29 is 4.39 Å². The summed E-state index contributed by atoms with van der Waals surface area (Å²) in [6.45, 7) is 0. The monoisotopic (exact) mass is 289 g/mol. The fourth-order valence-corrected chi connectivity index (χ4v) is 2.37. The second-order valence-electron chi connectivity index (χ2n) is 4.51. The molecule has 0 amide bonds. The van der Waals surface area contributed by atoms with E-state index in [1.54, 1.807) is 6.07 Å². The van der Waals surface area contributed by atoms with Crippen LogP contribution in [0.4, 0.5) is 10.3 Å². The summed E-state index contributed by atoms with van der Waals surface area (Å²) in [6.07, 6.45) is 0. The van der Waals surface area contributed by atoms with Gasteiger partial charge in [-0.2, -0.15) is 0 Å². The SMILES string of the molecule is Fc1ccc2nc(NC(CCl)c3ccccc3)[nH]c2c1. The number of benzene rings is 2. The second kappa shape index (κ2) is 5.51. The fraction of sp³-hybridized carbons (Fsp3) is 0.133. The average Bonchev–Trinajstić information content (AvgIpc) is 2.87. The van der Waals surface area contributed by atoms with Crippen molar-refractivity contribution in [3.63, 3.8) is 0 Å². The predicted molar refractivity (Wildman–Crippen MR) is 79.6 cm³/mol. The largest absolute Gasteiger partial charge is 0.348 e. The Labute approximate surface area is 120 Å². The smallest absolute Gasteiger partial charge is 0.201 e. The van der Waals surface area contributed by atoms with E-state index in [0.29, 0.717) is 17.3 Å². The lowest BCUT2D eigenvalue weighted by atomic mass is 10.1. The van der Waals surface area contributed by atoms with Gasteiger partial charge in [-0.3, -0.25) is 0 Å². The van der Waals surface area contributed by atoms with Crippen LogP contribution in [0.1, 0.15) is 11.6 Å². The lowest BCUT2D eigenvalue weighted by Gasteiger charge is -2.15. The van der Waals surface area contributed by atoms with Crippen molar-refractivity contribution in [3.8, 4) is 0 Å². The van der Waals surface area contributed by atoms with Gasteiger partial charge in [0.1, 0.15) is 5.82 Å². The second-order valence-corrected chi connectivity index (χ2v) is 4.82. The van der Waals surface area contributed by atoms with Crippen molar-refractivity contribution in [1.29, 1.82) is 0 Å². The summed E-state index contributed by atoms with van der Waals surface area (Å²) in [5.74, 6) is 0.708. The average molecular weight is 290 g/mol. The minimum absolute atomic E-state index is 0.0525. The van der Waals surface area contributed by atoms with E-state index in [9.17, 15) is 4.39 Å². The van der Waals surface area contributed by atoms with Gasteiger partial charge in [0.15, 0.2) is 0 Å². The highest BCUT2D eigenvalue weighted by atomic mass is 35.5. The summed E-state index contributed by atoms with van der Waals surface area (Å²) in [4.78, 5) is 7.43. The van der Waals surface area contributed by atoms with Crippen LogP contribution < -0.4 is 5.32 Å². The van der Waals surface area contributed by atoms with Crippen molar-refractivity contribution in [3.05, 3.63) is 59.9 Å². The van der Waals surface area contributed by atoms with Crippen LogP contribution in [0.5, 0.6) is 0 Å². The van der Waals surface area contributed by atoms with E-state index in [0.717, 1.165) is 11.1 Å². The first-order chi connectivity index (χ1) is 9.76. The number of hydrogen-bond acceptors (Lipinski definition) is 2. The van der Waals surface area contributed by atoms with Crippen molar-refractivity contribution in [2.45, 2.75) is 6.04 Å². The summed E-state index contributed by atoms with van der Waals surface area (Å²) in [7, 11) is 0. The highest BCUT2D eigenvalue weighted by Crippen LogP contribution is 2.21. The highest BCUT2D eigenvalue weighted by Gasteiger charge is 2.12. The number of hydrogen-bond donors (Lipinski definition) is 2. The van der Waals surface area contributed by atoms with Crippen LogP contribution in [-0.2, 0) is 0 Å². The number of imidazole rings is 1. The zero-order valence-electron chi connectivity index (χ0n) is 10.6. The Morgan fingerprint density at radius 3 is 2.75 bits per heavy atom. The third-order valence-corrected chi connectivity index (χ3v) is 3.42. The number of anilines is 1. The summed E-state index contributed by atoms with van der Waals surface area (Å²) < 4.78 is 13.2. The molecule has 0 spiro atoms. The normalized spacial score (nSPS) is 12.5. The van der Waals surface area contributed by atoms with Gasteiger partial charge in [-0.15, -0.1) is 11.6 Å². The van der Waals surface area contributed by atoms with Gasteiger partial charge in [0.05, 0.1) is 17.1 Å². The van der Waals surface area contributed by atoms with Gasteiger partial charge >= 0.3 is 0 Å². The predicted octanol–water partition coefficient (Wildman–Crippen LogP) is 4.09. The van der Waals surface area contributed by atoms with E-state index in [1.165, 1.54) is 12.1 Å². The molecule has 2 aromatic carbocycles. The van der Waals surface area contributed by atoms with E-state index in [1.807, 2.05) is 30.3 Å². The number of nitrogens with zero attached hydrogens (tertiary/aromatic N) is 1. The molecular formula is C15H13ClFN3. The van der Waals surface area contributed by atoms with E-state index in [4.69, 9.17) is 11.6 Å². The van der Waals surface area contributed by atoms with Crippen LogP contribution in [0, 0.1) is 5.82 Å². The van der Waals surface area contributed by atoms with Crippen molar-refractivity contribution in [2.75, 3.05) is 11.2 Å². The van der Waals surface area contributed by atoms with Crippen LogP contribution in [0.2, 0.25) is 0 Å². The first-order valence-corrected chi connectivity index (χ1v) is 6.82. The quantitative estimate of drug-likeness (QED) is 0.710. The molecular weight excluding hydrogens is 277 g/mol.